The summed E-state index contributed by atoms with van der Waals surface area (Å²) in [4.78, 5) is 24.0. The van der Waals surface area contributed by atoms with Crippen molar-refractivity contribution < 1.29 is 14.7 Å². The summed E-state index contributed by atoms with van der Waals surface area (Å²) in [6.45, 7) is 3.19. The number of anilines is 1. The van der Waals surface area contributed by atoms with Gasteiger partial charge in [0.2, 0.25) is 0 Å². The largest absolute Gasteiger partial charge is 0.480 e. The Kier molecular flexibility index (Phi) is 5.81. The fourth-order valence-corrected chi connectivity index (χ4v) is 2.56. The quantitative estimate of drug-likeness (QED) is 0.821. The fraction of sp³-hybridized carbons (Fsp3) is 0.333. The molecular weight excluding hydrogens is 380 g/mol. The molecule has 2 amide bonds. The minimum absolute atomic E-state index is 0.203. The number of carbonyl (C=O) groups excluding carboxylic acids is 1. The third-order valence-corrected chi connectivity index (χ3v) is 3.51. The first kappa shape index (κ1) is 16.0. The molecule has 0 heterocycles. The van der Waals surface area contributed by atoms with Crippen LogP contribution in [-0.2, 0) is 4.79 Å². The number of urea groups is 1. The Morgan fingerprint density at radius 1 is 1.37 bits per heavy atom. The average molecular weight is 394 g/mol. The van der Waals surface area contributed by atoms with Gasteiger partial charge in [0, 0.05) is 15.0 Å². The van der Waals surface area contributed by atoms with Crippen LogP contribution in [0.4, 0.5) is 10.5 Å². The Labute approximate surface area is 128 Å². The van der Waals surface area contributed by atoms with E-state index in [1.165, 1.54) is 4.90 Å². The van der Waals surface area contributed by atoms with Gasteiger partial charge in [-0.15, -0.1) is 0 Å². The van der Waals surface area contributed by atoms with Gasteiger partial charge in [0.1, 0.15) is 6.54 Å². The van der Waals surface area contributed by atoms with Crippen molar-refractivity contribution in [2.75, 3.05) is 11.9 Å². The van der Waals surface area contributed by atoms with Crippen molar-refractivity contribution >= 4 is 49.5 Å². The summed E-state index contributed by atoms with van der Waals surface area (Å²) in [7, 11) is 0. The van der Waals surface area contributed by atoms with Crippen LogP contribution in [0.1, 0.15) is 13.8 Å². The Morgan fingerprint density at radius 3 is 2.47 bits per heavy atom. The molecule has 1 rings (SSSR count). The minimum atomic E-state index is -1.04. The van der Waals surface area contributed by atoms with E-state index in [9.17, 15) is 9.59 Å². The molecule has 0 aliphatic rings. The molecule has 0 saturated heterocycles. The van der Waals surface area contributed by atoms with Gasteiger partial charge in [-0.25, -0.2) is 4.79 Å². The van der Waals surface area contributed by atoms with Gasteiger partial charge in [0.25, 0.3) is 0 Å². The van der Waals surface area contributed by atoms with E-state index < -0.39 is 12.0 Å². The first-order chi connectivity index (χ1) is 8.81. The normalized spacial score (nSPS) is 10.4. The maximum Gasteiger partial charge on any atom is 0.323 e. The van der Waals surface area contributed by atoms with E-state index in [4.69, 9.17) is 5.11 Å². The van der Waals surface area contributed by atoms with E-state index in [0.717, 1.165) is 4.47 Å². The zero-order chi connectivity index (χ0) is 14.6. The van der Waals surface area contributed by atoms with Gasteiger partial charge in [-0.2, -0.15) is 0 Å². The van der Waals surface area contributed by atoms with Crippen molar-refractivity contribution in [3.8, 4) is 0 Å². The number of benzene rings is 1. The van der Waals surface area contributed by atoms with Gasteiger partial charge in [-0.1, -0.05) is 15.9 Å². The summed E-state index contributed by atoms with van der Waals surface area (Å²) < 4.78 is 1.60. The molecule has 1 aromatic carbocycles. The van der Waals surface area contributed by atoms with Crippen LogP contribution in [-0.4, -0.2) is 34.6 Å². The van der Waals surface area contributed by atoms with E-state index in [-0.39, 0.29) is 12.6 Å². The third-order valence-electron chi connectivity index (χ3n) is 2.36. The lowest BCUT2D eigenvalue weighted by Gasteiger charge is -2.25. The molecular formula is C12H14Br2N2O3. The van der Waals surface area contributed by atoms with Crippen LogP contribution in [0.25, 0.3) is 0 Å². The maximum atomic E-state index is 12.0. The SMILES string of the molecule is CC(C)N(CC(=O)O)C(=O)Nc1ccc(Br)cc1Br. The molecule has 0 atom stereocenters. The summed E-state index contributed by atoms with van der Waals surface area (Å²) in [5.41, 5.74) is 0.587. The Bertz CT molecular complexity index is 492. The predicted molar refractivity (Wildman–Crippen MR) is 80.3 cm³/mol. The monoisotopic (exact) mass is 392 g/mol. The Morgan fingerprint density at radius 2 is 2.00 bits per heavy atom. The van der Waals surface area contributed by atoms with Gasteiger partial charge < -0.3 is 15.3 Å². The minimum Gasteiger partial charge on any atom is -0.480 e. The van der Waals surface area contributed by atoms with Crippen LogP contribution in [0.2, 0.25) is 0 Å². The highest BCUT2D eigenvalue weighted by atomic mass is 79.9. The third kappa shape index (κ3) is 4.83. The van der Waals surface area contributed by atoms with Crippen LogP contribution >= 0.6 is 31.9 Å². The second-order valence-corrected chi connectivity index (χ2v) is 5.94. The smallest absolute Gasteiger partial charge is 0.323 e. The second kappa shape index (κ2) is 6.91. The summed E-state index contributed by atoms with van der Waals surface area (Å²) in [6, 6.07) is 4.67. The van der Waals surface area contributed by atoms with E-state index in [0.29, 0.717) is 10.2 Å². The molecule has 0 aliphatic heterocycles. The van der Waals surface area contributed by atoms with Crippen LogP contribution in [0.3, 0.4) is 0 Å². The number of carboxylic acid groups (broad SMARTS) is 1. The molecule has 0 bridgehead atoms. The van der Waals surface area contributed by atoms with Gasteiger partial charge in [0.05, 0.1) is 5.69 Å². The topological polar surface area (TPSA) is 69.6 Å². The molecule has 2 N–H and O–H groups in total. The molecule has 0 saturated carbocycles. The van der Waals surface area contributed by atoms with Gasteiger partial charge >= 0.3 is 12.0 Å². The van der Waals surface area contributed by atoms with Crippen molar-refractivity contribution in [2.45, 2.75) is 19.9 Å². The average Bonchev–Trinajstić information content (AvgIpc) is 2.29. The highest BCUT2D eigenvalue weighted by Crippen LogP contribution is 2.26. The van der Waals surface area contributed by atoms with Crippen molar-refractivity contribution in [1.29, 1.82) is 0 Å². The molecule has 0 radical (unpaired) electrons. The van der Waals surface area contributed by atoms with Crippen molar-refractivity contribution in [1.82, 2.24) is 4.90 Å². The highest BCUT2D eigenvalue weighted by Gasteiger charge is 2.20. The molecule has 7 heteroatoms. The zero-order valence-electron chi connectivity index (χ0n) is 10.5. The van der Waals surface area contributed by atoms with Crippen molar-refractivity contribution in [3.05, 3.63) is 27.1 Å². The van der Waals surface area contributed by atoms with E-state index in [1.807, 2.05) is 0 Å². The number of nitrogens with one attached hydrogen (secondary N) is 1. The fourth-order valence-electron chi connectivity index (χ4n) is 1.41. The number of halogens is 2. The molecule has 104 valence electrons. The van der Waals surface area contributed by atoms with E-state index in [2.05, 4.69) is 37.2 Å². The molecule has 0 spiro atoms. The van der Waals surface area contributed by atoms with Crippen LogP contribution in [0.15, 0.2) is 27.1 Å². The van der Waals surface area contributed by atoms with Crippen LogP contribution < -0.4 is 5.32 Å². The number of carbonyl (C=O) groups is 2. The molecule has 0 fully saturated rings. The lowest BCUT2D eigenvalue weighted by Crippen LogP contribution is -2.43. The Hall–Kier alpha value is -1.08. The number of hydrogen-bond donors (Lipinski definition) is 2. The van der Waals surface area contributed by atoms with E-state index >= 15 is 0 Å². The highest BCUT2D eigenvalue weighted by molar-refractivity contribution is 9.11. The van der Waals surface area contributed by atoms with Crippen LogP contribution in [0.5, 0.6) is 0 Å². The molecule has 5 nitrogen and oxygen atoms in total. The molecule has 19 heavy (non-hydrogen) atoms. The first-order valence-corrected chi connectivity index (χ1v) is 7.14. The van der Waals surface area contributed by atoms with E-state index in [1.54, 1.807) is 32.0 Å². The molecule has 0 aliphatic carbocycles. The van der Waals surface area contributed by atoms with Gasteiger partial charge in [-0.3, -0.25) is 4.79 Å². The van der Waals surface area contributed by atoms with Gasteiger partial charge in [0.15, 0.2) is 0 Å². The first-order valence-electron chi connectivity index (χ1n) is 5.55. The summed E-state index contributed by atoms with van der Waals surface area (Å²) in [6.07, 6.45) is 0. The molecule has 0 aromatic heterocycles. The van der Waals surface area contributed by atoms with Crippen molar-refractivity contribution in [2.24, 2.45) is 0 Å². The lowest BCUT2D eigenvalue weighted by molar-refractivity contribution is -0.137. The maximum absolute atomic E-state index is 12.0. The standard InChI is InChI=1S/C12H14Br2N2O3/c1-7(2)16(6-11(17)18)12(19)15-10-4-3-8(13)5-9(10)14/h3-5,7H,6H2,1-2H3,(H,15,19)(H,17,18). The number of aliphatic carboxylic acids is 1. The lowest BCUT2D eigenvalue weighted by atomic mass is 10.3. The number of nitrogens with zero attached hydrogens (tertiary/aromatic N) is 1. The number of carboxylic acids is 1. The number of amides is 2. The summed E-state index contributed by atoms with van der Waals surface area (Å²) in [5, 5.41) is 11.5. The van der Waals surface area contributed by atoms with Crippen LogP contribution in [0, 0.1) is 0 Å². The number of hydrogen-bond acceptors (Lipinski definition) is 2. The van der Waals surface area contributed by atoms with Gasteiger partial charge in [-0.05, 0) is 48.0 Å². The second-order valence-electron chi connectivity index (χ2n) is 4.17. The molecule has 0 unspecified atom stereocenters. The number of rotatable bonds is 4. The summed E-state index contributed by atoms with van der Waals surface area (Å²) >= 11 is 6.65. The van der Waals surface area contributed by atoms with Crippen molar-refractivity contribution in [3.63, 3.8) is 0 Å². The molecule has 1 aromatic rings. The zero-order valence-corrected chi connectivity index (χ0v) is 13.7. The Balaban J connectivity index is 2.84. The predicted octanol–water partition coefficient (Wildman–Crippen LogP) is 3.54. The summed E-state index contributed by atoms with van der Waals surface area (Å²) in [5.74, 6) is -1.04.